The summed E-state index contributed by atoms with van der Waals surface area (Å²) >= 11 is 9.32. The molecule has 0 bridgehead atoms. The second-order valence-corrected chi connectivity index (χ2v) is 9.01. The Kier molecular flexibility index (Phi) is 7.10. The molecule has 0 unspecified atom stereocenters. The predicted octanol–water partition coefficient (Wildman–Crippen LogP) is 3.38. The monoisotopic (exact) mass is 476 g/mol. The summed E-state index contributed by atoms with van der Waals surface area (Å²) in [7, 11) is 0.459. The van der Waals surface area contributed by atoms with E-state index in [-0.39, 0.29) is 17.3 Å². The van der Waals surface area contributed by atoms with Crippen molar-refractivity contribution in [2.45, 2.75) is 4.90 Å². The molecular formula is C17H18BrClN2O5S. The molecule has 0 saturated carbocycles. The Labute approximate surface area is 171 Å². The number of ether oxygens (including phenoxy) is 2. The van der Waals surface area contributed by atoms with Crippen LogP contribution in [-0.4, -0.2) is 46.4 Å². The maximum absolute atomic E-state index is 12.4. The lowest BCUT2D eigenvalue weighted by Crippen LogP contribution is -2.24. The average molecular weight is 478 g/mol. The second-order valence-electron chi connectivity index (χ2n) is 5.56. The van der Waals surface area contributed by atoms with Gasteiger partial charge in [0, 0.05) is 24.3 Å². The van der Waals surface area contributed by atoms with Gasteiger partial charge in [0.2, 0.25) is 10.0 Å². The SMILES string of the molecule is COc1ccc(NC(=O)COc2ccc(Br)cc2Cl)cc1S(=O)(=O)N(C)C. The third-order valence-electron chi connectivity index (χ3n) is 3.46. The van der Waals surface area contributed by atoms with Crippen LogP contribution in [-0.2, 0) is 14.8 Å². The molecule has 0 aliphatic rings. The number of hydrogen-bond donors (Lipinski definition) is 1. The van der Waals surface area contributed by atoms with Crippen molar-refractivity contribution in [3.05, 3.63) is 45.9 Å². The molecule has 1 N–H and O–H groups in total. The van der Waals surface area contributed by atoms with E-state index in [0.29, 0.717) is 16.5 Å². The van der Waals surface area contributed by atoms with Gasteiger partial charge in [0.05, 0.1) is 12.1 Å². The van der Waals surface area contributed by atoms with Crippen LogP contribution in [0.5, 0.6) is 11.5 Å². The predicted molar refractivity (Wildman–Crippen MR) is 107 cm³/mol. The number of anilines is 1. The molecule has 0 heterocycles. The molecule has 0 aliphatic heterocycles. The zero-order chi connectivity index (χ0) is 20.2. The van der Waals surface area contributed by atoms with E-state index in [0.717, 1.165) is 8.78 Å². The number of sulfonamides is 1. The molecule has 0 saturated heterocycles. The highest BCUT2D eigenvalue weighted by Gasteiger charge is 2.23. The molecule has 146 valence electrons. The zero-order valence-electron chi connectivity index (χ0n) is 14.8. The van der Waals surface area contributed by atoms with Gasteiger partial charge in [-0.3, -0.25) is 4.79 Å². The smallest absolute Gasteiger partial charge is 0.262 e. The molecule has 2 rings (SSSR count). The number of hydrogen-bond acceptors (Lipinski definition) is 5. The molecule has 0 aliphatic carbocycles. The molecule has 2 aromatic carbocycles. The number of nitrogens with zero attached hydrogens (tertiary/aromatic N) is 1. The van der Waals surface area contributed by atoms with Gasteiger partial charge in [-0.15, -0.1) is 0 Å². The highest BCUT2D eigenvalue weighted by Crippen LogP contribution is 2.29. The normalized spacial score (nSPS) is 11.3. The minimum absolute atomic E-state index is 0.0512. The number of nitrogens with one attached hydrogen (secondary N) is 1. The number of methoxy groups -OCH3 is 1. The van der Waals surface area contributed by atoms with Crippen LogP contribution in [0.2, 0.25) is 5.02 Å². The summed E-state index contributed by atoms with van der Waals surface area (Å²) in [6, 6.07) is 9.36. The van der Waals surface area contributed by atoms with Crippen LogP contribution >= 0.6 is 27.5 Å². The molecule has 10 heteroatoms. The van der Waals surface area contributed by atoms with Gasteiger partial charge in [-0.1, -0.05) is 27.5 Å². The number of carbonyl (C=O) groups is 1. The first-order valence-electron chi connectivity index (χ1n) is 7.63. The highest BCUT2D eigenvalue weighted by atomic mass is 79.9. The number of carbonyl (C=O) groups excluding carboxylic acids is 1. The highest BCUT2D eigenvalue weighted by molar-refractivity contribution is 9.10. The molecular weight excluding hydrogens is 460 g/mol. The van der Waals surface area contributed by atoms with Crippen molar-refractivity contribution in [3.8, 4) is 11.5 Å². The first-order valence-corrected chi connectivity index (χ1v) is 10.2. The van der Waals surface area contributed by atoms with Crippen molar-refractivity contribution in [2.24, 2.45) is 0 Å². The van der Waals surface area contributed by atoms with E-state index in [9.17, 15) is 13.2 Å². The first-order chi connectivity index (χ1) is 12.6. The minimum atomic E-state index is -3.74. The van der Waals surface area contributed by atoms with Gasteiger partial charge in [0.25, 0.3) is 5.91 Å². The Balaban J connectivity index is 2.14. The maximum atomic E-state index is 12.4. The van der Waals surface area contributed by atoms with Gasteiger partial charge in [-0.25, -0.2) is 12.7 Å². The molecule has 1 amide bonds. The summed E-state index contributed by atoms with van der Waals surface area (Å²) in [5, 5.41) is 2.95. The molecule has 0 atom stereocenters. The summed E-state index contributed by atoms with van der Waals surface area (Å²) in [4.78, 5) is 12.1. The van der Waals surface area contributed by atoms with E-state index in [1.165, 1.54) is 39.4 Å². The standard InChI is InChI=1S/C17H18BrClN2O5S/c1-21(2)27(23,24)16-9-12(5-7-15(16)25-3)20-17(22)10-26-14-6-4-11(18)8-13(14)19/h4-9H,10H2,1-3H3,(H,20,22). The van der Waals surface area contributed by atoms with Crippen LogP contribution in [0.15, 0.2) is 45.8 Å². The summed E-state index contributed by atoms with van der Waals surface area (Å²) in [5.74, 6) is 0.0765. The lowest BCUT2D eigenvalue weighted by atomic mass is 10.3. The molecule has 0 aromatic heterocycles. The molecule has 0 radical (unpaired) electrons. The van der Waals surface area contributed by atoms with Crippen LogP contribution in [0.4, 0.5) is 5.69 Å². The van der Waals surface area contributed by atoms with E-state index >= 15 is 0 Å². The lowest BCUT2D eigenvalue weighted by Gasteiger charge is -2.16. The van der Waals surface area contributed by atoms with Crippen LogP contribution < -0.4 is 14.8 Å². The molecule has 2 aromatic rings. The Bertz CT molecular complexity index is 950. The van der Waals surface area contributed by atoms with Crippen LogP contribution in [0.3, 0.4) is 0 Å². The fraction of sp³-hybridized carbons (Fsp3) is 0.235. The third-order valence-corrected chi connectivity index (χ3v) is 6.08. The Morgan fingerprint density at radius 3 is 2.44 bits per heavy atom. The summed E-state index contributed by atoms with van der Waals surface area (Å²) in [6.45, 7) is -0.289. The van der Waals surface area contributed by atoms with Gasteiger partial charge in [0.1, 0.15) is 16.4 Å². The van der Waals surface area contributed by atoms with Crippen molar-refractivity contribution in [2.75, 3.05) is 33.1 Å². The van der Waals surface area contributed by atoms with Crippen molar-refractivity contribution in [3.63, 3.8) is 0 Å². The summed E-state index contributed by atoms with van der Waals surface area (Å²) in [5.41, 5.74) is 0.298. The quantitative estimate of drug-likeness (QED) is 0.661. The number of benzene rings is 2. The van der Waals surface area contributed by atoms with E-state index < -0.39 is 15.9 Å². The average Bonchev–Trinajstić information content (AvgIpc) is 2.60. The molecule has 0 spiro atoms. The second kappa shape index (κ2) is 8.92. The number of halogens is 2. The van der Waals surface area contributed by atoms with Gasteiger partial charge >= 0.3 is 0 Å². The van der Waals surface area contributed by atoms with E-state index in [4.69, 9.17) is 21.1 Å². The molecule has 7 nitrogen and oxygen atoms in total. The van der Waals surface area contributed by atoms with Crippen molar-refractivity contribution >= 4 is 49.1 Å². The maximum Gasteiger partial charge on any atom is 0.262 e. The van der Waals surface area contributed by atoms with E-state index in [1.807, 2.05) is 0 Å². The topological polar surface area (TPSA) is 84.9 Å². The van der Waals surface area contributed by atoms with Crippen molar-refractivity contribution in [1.29, 1.82) is 0 Å². The van der Waals surface area contributed by atoms with Gasteiger partial charge in [0.15, 0.2) is 6.61 Å². The lowest BCUT2D eigenvalue weighted by molar-refractivity contribution is -0.118. The Hall–Kier alpha value is -1.81. The number of amides is 1. The Morgan fingerprint density at radius 1 is 1.19 bits per heavy atom. The van der Waals surface area contributed by atoms with Crippen LogP contribution in [0.1, 0.15) is 0 Å². The summed E-state index contributed by atoms with van der Waals surface area (Å²) < 4.78 is 37.2. The van der Waals surface area contributed by atoms with E-state index in [1.54, 1.807) is 18.2 Å². The van der Waals surface area contributed by atoms with Gasteiger partial charge < -0.3 is 14.8 Å². The van der Waals surface area contributed by atoms with Crippen molar-refractivity contribution < 1.29 is 22.7 Å². The fourth-order valence-electron chi connectivity index (χ4n) is 2.09. The molecule has 27 heavy (non-hydrogen) atoms. The largest absolute Gasteiger partial charge is 0.495 e. The minimum Gasteiger partial charge on any atom is -0.495 e. The molecule has 0 fully saturated rings. The number of rotatable bonds is 7. The fourth-order valence-corrected chi connectivity index (χ4v) is 3.89. The van der Waals surface area contributed by atoms with Crippen LogP contribution in [0.25, 0.3) is 0 Å². The Morgan fingerprint density at radius 2 is 1.85 bits per heavy atom. The van der Waals surface area contributed by atoms with Crippen molar-refractivity contribution in [1.82, 2.24) is 4.31 Å². The zero-order valence-corrected chi connectivity index (χ0v) is 18.0. The first kappa shape index (κ1) is 21.5. The van der Waals surface area contributed by atoms with E-state index in [2.05, 4.69) is 21.2 Å². The van der Waals surface area contributed by atoms with Crippen LogP contribution in [0, 0.1) is 0 Å². The summed E-state index contributed by atoms with van der Waals surface area (Å²) in [6.07, 6.45) is 0. The van der Waals surface area contributed by atoms with Gasteiger partial charge in [-0.2, -0.15) is 0 Å². The van der Waals surface area contributed by atoms with Gasteiger partial charge in [-0.05, 0) is 36.4 Å². The third kappa shape index (κ3) is 5.35.